The Morgan fingerprint density at radius 3 is 2.46 bits per heavy atom. The molecule has 4 nitrogen and oxygen atoms in total. The minimum atomic E-state index is 0.160. The Labute approximate surface area is 143 Å². The van der Waals surface area contributed by atoms with E-state index in [1.807, 2.05) is 59.5 Å². The number of likely N-dealkylation sites (tertiary alicyclic amines) is 1. The van der Waals surface area contributed by atoms with Crippen molar-refractivity contribution >= 4 is 11.6 Å². The summed E-state index contributed by atoms with van der Waals surface area (Å²) >= 11 is 0. The molecule has 1 N–H and O–H groups in total. The SMILES string of the molecule is O=C(CNc1ccccc1OCc1ccccc1)N1CCCCC1. The second-order valence-electron chi connectivity index (χ2n) is 6.07. The first-order valence-corrected chi connectivity index (χ1v) is 8.60. The third kappa shape index (κ3) is 4.51. The van der Waals surface area contributed by atoms with E-state index in [0.29, 0.717) is 13.2 Å². The van der Waals surface area contributed by atoms with Crippen LogP contribution in [0.15, 0.2) is 54.6 Å². The number of hydrogen-bond donors (Lipinski definition) is 1. The van der Waals surface area contributed by atoms with Gasteiger partial charge in [0.25, 0.3) is 0 Å². The van der Waals surface area contributed by atoms with Gasteiger partial charge in [-0.1, -0.05) is 42.5 Å². The Morgan fingerprint density at radius 1 is 0.958 bits per heavy atom. The molecule has 0 radical (unpaired) electrons. The molecule has 0 spiro atoms. The summed E-state index contributed by atoms with van der Waals surface area (Å²) in [7, 11) is 0. The van der Waals surface area contributed by atoms with E-state index in [2.05, 4.69) is 5.32 Å². The normalized spacial score (nSPS) is 14.2. The average molecular weight is 324 g/mol. The van der Waals surface area contributed by atoms with Crippen molar-refractivity contribution in [2.45, 2.75) is 25.9 Å². The van der Waals surface area contributed by atoms with Gasteiger partial charge in [0.15, 0.2) is 0 Å². The number of nitrogens with one attached hydrogen (secondary N) is 1. The number of ether oxygens (including phenoxy) is 1. The number of piperidine rings is 1. The lowest BCUT2D eigenvalue weighted by Crippen LogP contribution is -2.39. The standard InChI is InChI=1S/C20H24N2O2/c23-20(22-13-7-2-8-14-22)15-21-18-11-5-6-12-19(18)24-16-17-9-3-1-4-10-17/h1,3-6,9-12,21H,2,7-8,13-16H2. The largest absolute Gasteiger partial charge is 0.487 e. The predicted octanol–water partition coefficient (Wildman–Crippen LogP) is 3.69. The Bertz CT molecular complexity index is 652. The maximum absolute atomic E-state index is 12.3. The van der Waals surface area contributed by atoms with Crippen molar-refractivity contribution in [1.82, 2.24) is 4.90 Å². The molecule has 1 aliphatic rings. The summed E-state index contributed by atoms with van der Waals surface area (Å²) in [6, 6.07) is 17.8. The summed E-state index contributed by atoms with van der Waals surface area (Å²) in [5.41, 5.74) is 1.98. The maximum Gasteiger partial charge on any atom is 0.241 e. The lowest BCUT2D eigenvalue weighted by atomic mass is 10.1. The molecule has 0 aromatic heterocycles. The number of amides is 1. The summed E-state index contributed by atoms with van der Waals surface area (Å²) < 4.78 is 5.91. The van der Waals surface area contributed by atoms with Gasteiger partial charge < -0.3 is 15.0 Å². The lowest BCUT2D eigenvalue weighted by molar-refractivity contribution is -0.130. The molecule has 1 aliphatic heterocycles. The molecule has 1 heterocycles. The molecule has 0 aliphatic carbocycles. The summed E-state index contributed by atoms with van der Waals surface area (Å²) in [4.78, 5) is 14.2. The number of benzene rings is 2. The summed E-state index contributed by atoms with van der Waals surface area (Å²) in [6.07, 6.45) is 3.46. The number of hydrogen-bond acceptors (Lipinski definition) is 3. The Morgan fingerprint density at radius 2 is 1.67 bits per heavy atom. The molecule has 1 fully saturated rings. The van der Waals surface area contributed by atoms with Crippen LogP contribution in [0.3, 0.4) is 0 Å². The van der Waals surface area contributed by atoms with E-state index in [1.54, 1.807) is 0 Å². The number of nitrogens with zero attached hydrogens (tertiary/aromatic N) is 1. The second kappa shape index (κ2) is 8.39. The first kappa shape index (κ1) is 16.4. The molecule has 0 bridgehead atoms. The molecule has 1 amide bonds. The highest BCUT2D eigenvalue weighted by molar-refractivity contribution is 5.81. The molecular formula is C20H24N2O2. The van der Waals surface area contributed by atoms with Gasteiger partial charge in [0, 0.05) is 13.1 Å². The van der Waals surface area contributed by atoms with Crippen molar-refractivity contribution in [2.24, 2.45) is 0 Å². The van der Waals surface area contributed by atoms with Gasteiger partial charge in [-0.25, -0.2) is 0 Å². The number of anilines is 1. The molecule has 2 aromatic rings. The number of rotatable bonds is 6. The topological polar surface area (TPSA) is 41.6 Å². The highest BCUT2D eigenvalue weighted by atomic mass is 16.5. The molecule has 0 unspecified atom stereocenters. The lowest BCUT2D eigenvalue weighted by Gasteiger charge is -2.27. The predicted molar refractivity (Wildman–Crippen MR) is 96.1 cm³/mol. The molecule has 3 rings (SSSR count). The van der Waals surface area contributed by atoms with Crippen molar-refractivity contribution in [3.8, 4) is 5.75 Å². The second-order valence-corrected chi connectivity index (χ2v) is 6.07. The summed E-state index contributed by atoms with van der Waals surface area (Å²) in [5, 5.41) is 3.23. The summed E-state index contributed by atoms with van der Waals surface area (Å²) in [5.74, 6) is 0.931. The van der Waals surface area contributed by atoms with E-state index in [1.165, 1.54) is 6.42 Å². The van der Waals surface area contributed by atoms with E-state index >= 15 is 0 Å². The Balaban J connectivity index is 1.56. The Hall–Kier alpha value is -2.49. The van der Waals surface area contributed by atoms with E-state index < -0.39 is 0 Å². The van der Waals surface area contributed by atoms with Crippen LogP contribution in [0.1, 0.15) is 24.8 Å². The summed E-state index contributed by atoms with van der Waals surface area (Å²) in [6.45, 7) is 2.59. The molecule has 1 saturated heterocycles. The van der Waals surface area contributed by atoms with Crippen LogP contribution >= 0.6 is 0 Å². The quantitative estimate of drug-likeness (QED) is 0.881. The fourth-order valence-corrected chi connectivity index (χ4v) is 2.90. The van der Waals surface area contributed by atoms with Gasteiger partial charge in [0.1, 0.15) is 12.4 Å². The van der Waals surface area contributed by atoms with Crippen LogP contribution in [0.5, 0.6) is 5.75 Å². The van der Waals surface area contributed by atoms with Gasteiger partial charge in [0.05, 0.1) is 12.2 Å². The first-order chi connectivity index (χ1) is 11.8. The van der Waals surface area contributed by atoms with Crippen molar-refractivity contribution in [3.63, 3.8) is 0 Å². The molecule has 126 valence electrons. The van der Waals surface area contributed by atoms with Crippen LogP contribution in [0.2, 0.25) is 0 Å². The van der Waals surface area contributed by atoms with Crippen LogP contribution in [0.4, 0.5) is 5.69 Å². The smallest absolute Gasteiger partial charge is 0.241 e. The molecule has 0 saturated carbocycles. The zero-order valence-electron chi connectivity index (χ0n) is 13.9. The fourth-order valence-electron chi connectivity index (χ4n) is 2.90. The zero-order valence-corrected chi connectivity index (χ0v) is 13.9. The van der Waals surface area contributed by atoms with Crippen LogP contribution in [0, 0.1) is 0 Å². The number of carbonyl (C=O) groups is 1. The van der Waals surface area contributed by atoms with Crippen molar-refractivity contribution in [3.05, 3.63) is 60.2 Å². The van der Waals surface area contributed by atoms with E-state index in [9.17, 15) is 4.79 Å². The highest BCUT2D eigenvalue weighted by Crippen LogP contribution is 2.24. The van der Waals surface area contributed by atoms with Gasteiger partial charge >= 0.3 is 0 Å². The number of carbonyl (C=O) groups excluding carboxylic acids is 1. The monoisotopic (exact) mass is 324 g/mol. The van der Waals surface area contributed by atoms with E-state index in [-0.39, 0.29) is 5.91 Å². The molecule has 4 heteroatoms. The van der Waals surface area contributed by atoms with Crippen LogP contribution in [0.25, 0.3) is 0 Å². The van der Waals surface area contributed by atoms with E-state index in [0.717, 1.165) is 42.9 Å². The van der Waals surface area contributed by atoms with Crippen molar-refractivity contribution in [2.75, 3.05) is 25.0 Å². The average Bonchev–Trinajstić information content (AvgIpc) is 2.66. The molecule has 24 heavy (non-hydrogen) atoms. The zero-order chi connectivity index (χ0) is 16.6. The number of para-hydroxylation sites is 2. The molecule has 0 atom stereocenters. The van der Waals surface area contributed by atoms with Crippen LogP contribution < -0.4 is 10.1 Å². The Kier molecular flexibility index (Phi) is 5.72. The third-order valence-corrected chi connectivity index (χ3v) is 4.26. The highest BCUT2D eigenvalue weighted by Gasteiger charge is 2.16. The van der Waals surface area contributed by atoms with Gasteiger partial charge in [-0.3, -0.25) is 4.79 Å². The van der Waals surface area contributed by atoms with Gasteiger partial charge in [-0.15, -0.1) is 0 Å². The third-order valence-electron chi connectivity index (χ3n) is 4.26. The molecular weight excluding hydrogens is 300 g/mol. The van der Waals surface area contributed by atoms with Crippen molar-refractivity contribution in [1.29, 1.82) is 0 Å². The van der Waals surface area contributed by atoms with Gasteiger partial charge in [-0.05, 0) is 37.0 Å². The van der Waals surface area contributed by atoms with Crippen LogP contribution in [-0.2, 0) is 11.4 Å². The van der Waals surface area contributed by atoms with Gasteiger partial charge in [-0.2, -0.15) is 0 Å². The minimum absolute atomic E-state index is 0.160. The fraction of sp³-hybridized carbons (Fsp3) is 0.350. The first-order valence-electron chi connectivity index (χ1n) is 8.60. The maximum atomic E-state index is 12.3. The van der Waals surface area contributed by atoms with E-state index in [4.69, 9.17) is 4.74 Å². The van der Waals surface area contributed by atoms with Crippen molar-refractivity contribution < 1.29 is 9.53 Å². The molecule has 2 aromatic carbocycles. The van der Waals surface area contributed by atoms with Crippen LogP contribution in [-0.4, -0.2) is 30.4 Å². The minimum Gasteiger partial charge on any atom is -0.487 e. The van der Waals surface area contributed by atoms with Gasteiger partial charge in [0.2, 0.25) is 5.91 Å².